The van der Waals surface area contributed by atoms with Gasteiger partial charge in [-0.05, 0) is 48.3 Å². The van der Waals surface area contributed by atoms with Crippen molar-refractivity contribution < 1.29 is 9.59 Å². The Hall–Kier alpha value is -1.32. The predicted molar refractivity (Wildman–Crippen MR) is 83.7 cm³/mol. The van der Waals surface area contributed by atoms with Crippen molar-refractivity contribution in [2.24, 2.45) is 29.1 Å². The van der Waals surface area contributed by atoms with E-state index in [0.717, 1.165) is 12.8 Å². The van der Waals surface area contributed by atoms with Gasteiger partial charge in [0.2, 0.25) is 11.8 Å². The van der Waals surface area contributed by atoms with Gasteiger partial charge in [0.25, 0.3) is 0 Å². The third-order valence-electron chi connectivity index (χ3n) is 6.00. The zero-order valence-electron chi connectivity index (χ0n) is 11.6. The van der Waals surface area contributed by atoms with E-state index in [9.17, 15) is 9.59 Å². The molecule has 2 saturated carbocycles. The fourth-order valence-electron chi connectivity index (χ4n) is 4.97. The van der Waals surface area contributed by atoms with Crippen molar-refractivity contribution in [1.82, 2.24) is 0 Å². The fraction of sp³-hybridized carbons (Fsp3) is 0.412. The van der Waals surface area contributed by atoms with Crippen LogP contribution >= 0.6 is 23.2 Å². The van der Waals surface area contributed by atoms with Crippen LogP contribution in [0.1, 0.15) is 12.8 Å². The molecule has 3 fully saturated rings. The second-order valence-corrected chi connectivity index (χ2v) is 7.67. The number of rotatable bonds is 1. The Labute approximate surface area is 137 Å². The highest BCUT2D eigenvalue weighted by Gasteiger charge is 2.73. The summed E-state index contributed by atoms with van der Waals surface area (Å²) in [5, 5.41) is 0.851. The molecular formula is C17H13Cl2NO2. The lowest BCUT2D eigenvalue weighted by molar-refractivity contribution is -0.123. The third kappa shape index (κ3) is 1.35. The standard InChI is InChI=1S/C17H13Cl2NO2/c18-8-1-4-11(19)12(7-8)20-15(21)13-9-2-3-10(14(13)16(20)22)17(9)5-6-17/h1-4,7,9-10,13-14H,5-6H2/t9-,10-,13-,14-/m1/s1. The molecule has 5 heteroatoms. The van der Waals surface area contributed by atoms with Gasteiger partial charge in [-0.15, -0.1) is 0 Å². The van der Waals surface area contributed by atoms with E-state index in [1.807, 2.05) is 0 Å². The summed E-state index contributed by atoms with van der Waals surface area (Å²) in [6, 6.07) is 4.88. The van der Waals surface area contributed by atoms with Crippen molar-refractivity contribution in [2.75, 3.05) is 4.90 Å². The van der Waals surface area contributed by atoms with Gasteiger partial charge in [0, 0.05) is 5.02 Å². The van der Waals surface area contributed by atoms with Crippen LogP contribution in [-0.4, -0.2) is 11.8 Å². The molecule has 4 aliphatic rings. The molecule has 4 atom stereocenters. The molecule has 1 aromatic rings. The smallest absolute Gasteiger partial charge is 0.238 e. The zero-order valence-corrected chi connectivity index (χ0v) is 13.1. The molecule has 1 saturated heterocycles. The second kappa shape index (κ2) is 3.95. The summed E-state index contributed by atoms with van der Waals surface area (Å²) in [5.41, 5.74) is 0.632. The minimum atomic E-state index is -0.208. The van der Waals surface area contributed by atoms with E-state index in [4.69, 9.17) is 23.2 Å². The molecule has 3 aliphatic carbocycles. The Bertz CT molecular complexity index is 734. The first-order chi connectivity index (χ1) is 10.5. The van der Waals surface area contributed by atoms with E-state index >= 15 is 0 Å². The van der Waals surface area contributed by atoms with Gasteiger partial charge in [-0.2, -0.15) is 0 Å². The first kappa shape index (κ1) is 13.1. The van der Waals surface area contributed by atoms with Crippen LogP contribution < -0.4 is 4.90 Å². The lowest BCUT2D eigenvalue weighted by atomic mass is 9.85. The van der Waals surface area contributed by atoms with E-state index in [1.165, 1.54) is 4.90 Å². The maximum absolute atomic E-state index is 12.9. The molecule has 0 N–H and O–H groups in total. The summed E-state index contributed by atoms with van der Waals surface area (Å²) in [6.45, 7) is 0. The van der Waals surface area contributed by atoms with E-state index in [1.54, 1.807) is 18.2 Å². The Morgan fingerprint density at radius 1 is 1.00 bits per heavy atom. The molecule has 0 aromatic heterocycles. The van der Waals surface area contributed by atoms with Gasteiger partial charge >= 0.3 is 0 Å². The van der Waals surface area contributed by atoms with Gasteiger partial charge in [-0.25, -0.2) is 4.90 Å². The Morgan fingerprint density at radius 3 is 2.14 bits per heavy atom. The molecular weight excluding hydrogens is 321 g/mol. The normalized spacial score (nSPS) is 36.5. The van der Waals surface area contributed by atoms with Crippen LogP contribution in [-0.2, 0) is 9.59 Å². The number of allylic oxidation sites excluding steroid dienone is 2. The summed E-state index contributed by atoms with van der Waals surface area (Å²) < 4.78 is 0. The summed E-state index contributed by atoms with van der Waals surface area (Å²) in [4.78, 5) is 27.1. The molecule has 1 aromatic carbocycles. The van der Waals surface area contributed by atoms with Crippen molar-refractivity contribution >= 4 is 40.7 Å². The number of hydrogen-bond acceptors (Lipinski definition) is 2. The number of amides is 2. The number of carbonyl (C=O) groups is 2. The SMILES string of the molecule is O=C1[C@H]2[C@H](C(=O)N1c1cc(Cl)ccc1Cl)[C@H]1C=C[C@H]2C12CC2. The minimum Gasteiger partial charge on any atom is -0.274 e. The summed E-state index contributed by atoms with van der Waals surface area (Å²) in [7, 11) is 0. The number of anilines is 1. The Balaban J connectivity index is 1.61. The highest BCUT2D eigenvalue weighted by Crippen LogP contribution is 2.73. The topological polar surface area (TPSA) is 37.4 Å². The average molecular weight is 334 g/mol. The minimum absolute atomic E-state index is 0.109. The van der Waals surface area contributed by atoms with Crippen molar-refractivity contribution in [3.05, 3.63) is 40.4 Å². The fourth-order valence-corrected chi connectivity index (χ4v) is 5.34. The van der Waals surface area contributed by atoms with Crippen molar-refractivity contribution in [1.29, 1.82) is 0 Å². The molecule has 0 radical (unpaired) electrons. The monoisotopic (exact) mass is 333 g/mol. The number of halogens is 2. The third-order valence-corrected chi connectivity index (χ3v) is 6.56. The van der Waals surface area contributed by atoms with Crippen LogP contribution in [0.4, 0.5) is 5.69 Å². The molecule has 2 amide bonds. The van der Waals surface area contributed by atoms with Crippen LogP contribution in [0.5, 0.6) is 0 Å². The van der Waals surface area contributed by atoms with Gasteiger partial charge in [0.15, 0.2) is 0 Å². The summed E-state index contributed by atoms with van der Waals surface area (Å²) in [6.07, 6.45) is 6.60. The number of imide groups is 1. The summed E-state index contributed by atoms with van der Waals surface area (Å²) in [5.74, 6) is -0.187. The first-order valence-electron chi connectivity index (χ1n) is 7.56. The van der Waals surface area contributed by atoms with Crippen molar-refractivity contribution in [3.63, 3.8) is 0 Å². The average Bonchev–Trinajstić information content (AvgIpc) is 3.08. The number of carbonyl (C=O) groups excluding carboxylic acids is 2. The van der Waals surface area contributed by atoms with Gasteiger partial charge in [0.1, 0.15) is 0 Å². The molecule has 112 valence electrons. The maximum Gasteiger partial charge on any atom is 0.238 e. The summed E-state index contributed by atoms with van der Waals surface area (Å²) >= 11 is 12.2. The predicted octanol–water partition coefficient (Wildman–Crippen LogP) is 3.70. The number of fused-ring (bicyclic) bond motifs is 3. The highest BCUT2D eigenvalue weighted by atomic mass is 35.5. The quantitative estimate of drug-likeness (QED) is 0.580. The molecule has 1 aliphatic heterocycles. The second-order valence-electron chi connectivity index (χ2n) is 6.83. The Kier molecular flexibility index (Phi) is 2.36. The van der Waals surface area contributed by atoms with Crippen LogP contribution in [0.25, 0.3) is 0 Å². The lowest BCUT2D eigenvalue weighted by Crippen LogP contribution is -2.34. The first-order valence-corrected chi connectivity index (χ1v) is 8.31. The molecule has 5 rings (SSSR count). The van der Waals surface area contributed by atoms with E-state index in [0.29, 0.717) is 15.7 Å². The van der Waals surface area contributed by atoms with Gasteiger partial charge in [0.05, 0.1) is 22.5 Å². The van der Waals surface area contributed by atoms with E-state index < -0.39 is 0 Å². The highest BCUT2D eigenvalue weighted by molar-refractivity contribution is 6.37. The van der Waals surface area contributed by atoms with Crippen LogP contribution in [0.3, 0.4) is 0 Å². The molecule has 3 nitrogen and oxygen atoms in total. The van der Waals surface area contributed by atoms with Gasteiger partial charge < -0.3 is 0 Å². The van der Waals surface area contributed by atoms with E-state index in [2.05, 4.69) is 12.2 Å². The Morgan fingerprint density at radius 2 is 1.59 bits per heavy atom. The zero-order chi connectivity index (χ0) is 15.2. The van der Waals surface area contributed by atoms with Crippen LogP contribution in [0.2, 0.25) is 10.0 Å². The molecule has 0 unspecified atom stereocenters. The molecule has 1 heterocycles. The van der Waals surface area contributed by atoms with Gasteiger partial charge in [-0.1, -0.05) is 35.4 Å². The molecule has 1 spiro atoms. The largest absolute Gasteiger partial charge is 0.274 e. The van der Waals surface area contributed by atoms with Crippen molar-refractivity contribution in [2.45, 2.75) is 12.8 Å². The van der Waals surface area contributed by atoms with Crippen LogP contribution in [0.15, 0.2) is 30.4 Å². The van der Waals surface area contributed by atoms with Gasteiger partial charge in [-0.3, -0.25) is 9.59 Å². The lowest BCUT2D eigenvalue weighted by Gasteiger charge is -2.22. The number of hydrogen-bond donors (Lipinski definition) is 0. The number of nitrogens with zero attached hydrogens (tertiary/aromatic N) is 1. The van der Waals surface area contributed by atoms with Crippen LogP contribution in [0, 0.1) is 29.1 Å². The maximum atomic E-state index is 12.9. The number of benzene rings is 1. The molecule has 22 heavy (non-hydrogen) atoms. The van der Waals surface area contributed by atoms with Crippen molar-refractivity contribution in [3.8, 4) is 0 Å². The van der Waals surface area contributed by atoms with E-state index in [-0.39, 0.29) is 40.9 Å². The molecule has 2 bridgehead atoms.